The molecule has 3 rings (SSSR count). The SMILES string of the molecule is Cc1c(C(=O)N2CCC(C(C)N)CC2)nnn1-c1cccc([N+](=O)[O-])c1.Cl. The van der Waals surface area contributed by atoms with Gasteiger partial charge in [-0.25, -0.2) is 4.68 Å². The molecule has 0 bridgehead atoms. The number of aromatic nitrogens is 3. The van der Waals surface area contributed by atoms with Crippen LogP contribution in [-0.4, -0.2) is 49.9 Å². The van der Waals surface area contributed by atoms with Crippen LogP contribution in [0.1, 0.15) is 35.9 Å². The Morgan fingerprint density at radius 2 is 2.04 bits per heavy atom. The van der Waals surface area contributed by atoms with Crippen LogP contribution in [0.4, 0.5) is 5.69 Å². The number of nitro benzene ring substituents is 1. The third kappa shape index (κ3) is 4.25. The number of carbonyl (C=O) groups is 1. The predicted octanol–water partition coefficient (Wildman–Crippen LogP) is 2.11. The molecule has 1 aliphatic rings. The molecular formula is C17H23ClN6O3. The number of likely N-dealkylation sites (tertiary alicyclic amines) is 1. The molecule has 2 heterocycles. The molecular weight excluding hydrogens is 372 g/mol. The van der Waals surface area contributed by atoms with Crippen LogP contribution in [0.15, 0.2) is 24.3 Å². The number of nitrogens with zero attached hydrogens (tertiary/aromatic N) is 5. The summed E-state index contributed by atoms with van der Waals surface area (Å²) >= 11 is 0. The van der Waals surface area contributed by atoms with E-state index >= 15 is 0 Å². The molecule has 146 valence electrons. The molecule has 1 aromatic carbocycles. The zero-order valence-corrected chi connectivity index (χ0v) is 16.1. The zero-order chi connectivity index (χ0) is 18.8. The van der Waals surface area contributed by atoms with Gasteiger partial charge in [0, 0.05) is 31.3 Å². The molecule has 1 aliphatic heterocycles. The molecule has 9 nitrogen and oxygen atoms in total. The Balaban J connectivity index is 0.00000261. The Morgan fingerprint density at radius 1 is 1.37 bits per heavy atom. The minimum Gasteiger partial charge on any atom is -0.337 e. The van der Waals surface area contributed by atoms with E-state index in [1.54, 1.807) is 24.0 Å². The van der Waals surface area contributed by atoms with Crippen LogP contribution >= 0.6 is 12.4 Å². The largest absolute Gasteiger partial charge is 0.337 e. The smallest absolute Gasteiger partial charge is 0.276 e. The molecule has 2 N–H and O–H groups in total. The van der Waals surface area contributed by atoms with Crippen molar-refractivity contribution in [3.8, 4) is 5.69 Å². The summed E-state index contributed by atoms with van der Waals surface area (Å²) in [4.78, 5) is 25.0. The number of rotatable bonds is 4. The molecule has 0 saturated carbocycles. The summed E-state index contributed by atoms with van der Waals surface area (Å²) in [5, 5.41) is 19.0. The average molecular weight is 395 g/mol. The van der Waals surface area contributed by atoms with Crippen LogP contribution in [0.5, 0.6) is 0 Å². The number of hydrogen-bond donors (Lipinski definition) is 1. The molecule has 1 saturated heterocycles. The Bertz CT molecular complexity index is 830. The van der Waals surface area contributed by atoms with Gasteiger partial charge in [0.1, 0.15) is 0 Å². The quantitative estimate of drug-likeness (QED) is 0.626. The number of non-ortho nitro benzene ring substituents is 1. The number of piperidine rings is 1. The van der Waals surface area contributed by atoms with E-state index in [2.05, 4.69) is 10.3 Å². The van der Waals surface area contributed by atoms with Gasteiger partial charge >= 0.3 is 0 Å². The summed E-state index contributed by atoms with van der Waals surface area (Å²) in [6, 6.07) is 6.21. The summed E-state index contributed by atoms with van der Waals surface area (Å²) in [7, 11) is 0. The number of nitro groups is 1. The number of hydrogen-bond acceptors (Lipinski definition) is 6. The first-order valence-electron chi connectivity index (χ1n) is 8.60. The van der Waals surface area contributed by atoms with Crippen LogP contribution in [-0.2, 0) is 0 Å². The molecule has 1 amide bonds. The van der Waals surface area contributed by atoms with Crippen LogP contribution in [0.3, 0.4) is 0 Å². The first kappa shape index (κ1) is 20.8. The molecule has 0 radical (unpaired) electrons. The van der Waals surface area contributed by atoms with Crippen molar-refractivity contribution in [2.24, 2.45) is 11.7 Å². The number of nitrogens with two attached hydrogens (primary N) is 1. The van der Waals surface area contributed by atoms with Gasteiger partial charge in [0.15, 0.2) is 5.69 Å². The number of benzene rings is 1. The lowest BCUT2D eigenvalue weighted by atomic mass is 9.91. The predicted molar refractivity (Wildman–Crippen MR) is 102 cm³/mol. The highest BCUT2D eigenvalue weighted by Gasteiger charge is 2.28. The van der Waals surface area contributed by atoms with Crippen molar-refractivity contribution in [3.63, 3.8) is 0 Å². The van der Waals surface area contributed by atoms with E-state index in [1.165, 1.54) is 16.8 Å². The van der Waals surface area contributed by atoms with Crippen molar-refractivity contribution in [2.45, 2.75) is 32.7 Å². The normalized spacial score (nSPS) is 15.9. The second-order valence-corrected chi connectivity index (χ2v) is 6.70. The second-order valence-electron chi connectivity index (χ2n) is 6.70. The van der Waals surface area contributed by atoms with Gasteiger partial charge in [-0.3, -0.25) is 14.9 Å². The molecule has 27 heavy (non-hydrogen) atoms. The van der Waals surface area contributed by atoms with Gasteiger partial charge in [0.05, 0.1) is 16.3 Å². The third-order valence-corrected chi connectivity index (χ3v) is 4.95. The van der Waals surface area contributed by atoms with E-state index in [9.17, 15) is 14.9 Å². The van der Waals surface area contributed by atoms with E-state index in [1.807, 2.05) is 6.92 Å². The minimum atomic E-state index is -0.468. The fourth-order valence-corrected chi connectivity index (χ4v) is 3.29. The van der Waals surface area contributed by atoms with E-state index in [4.69, 9.17) is 5.73 Å². The molecule has 1 atom stereocenters. The lowest BCUT2D eigenvalue weighted by molar-refractivity contribution is -0.384. The van der Waals surface area contributed by atoms with E-state index in [0.29, 0.717) is 30.4 Å². The van der Waals surface area contributed by atoms with Crippen molar-refractivity contribution in [2.75, 3.05) is 13.1 Å². The lowest BCUT2D eigenvalue weighted by Crippen LogP contribution is -2.42. The molecule has 0 aliphatic carbocycles. The van der Waals surface area contributed by atoms with E-state index in [-0.39, 0.29) is 35.7 Å². The van der Waals surface area contributed by atoms with Crippen molar-refractivity contribution >= 4 is 24.0 Å². The van der Waals surface area contributed by atoms with Gasteiger partial charge in [-0.1, -0.05) is 11.3 Å². The first-order chi connectivity index (χ1) is 12.4. The first-order valence-corrected chi connectivity index (χ1v) is 8.60. The Kier molecular flexibility index (Phi) is 6.50. The Morgan fingerprint density at radius 3 is 2.63 bits per heavy atom. The number of carbonyl (C=O) groups excluding carboxylic acids is 1. The number of halogens is 1. The maximum Gasteiger partial charge on any atom is 0.276 e. The third-order valence-electron chi connectivity index (χ3n) is 4.95. The highest BCUT2D eigenvalue weighted by molar-refractivity contribution is 5.93. The van der Waals surface area contributed by atoms with Gasteiger partial charge in [0.25, 0.3) is 11.6 Å². The van der Waals surface area contributed by atoms with Gasteiger partial charge in [-0.2, -0.15) is 0 Å². The molecule has 2 aromatic rings. The molecule has 1 fully saturated rings. The molecule has 0 spiro atoms. The summed E-state index contributed by atoms with van der Waals surface area (Å²) in [6.45, 7) is 5.03. The lowest BCUT2D eigenvalue weighted by Gasteiger charge is -2.33. The fraction of sp³-hybridized carbons (Fsp3) is 0.471. The van der Waals surface area contributed by atoms with E-state index in [0.717, 1.165) is 12.8 Å². The summed E-state index contributed by atoms with van der Waals surface area (Å²) in [6.07, 6.45) is 1.75. The van der Waals surface area contributed by atoms with Crippen LogP contribution in [0.25, 0.3) is 5.69 Å². The molecule has 1 unspecified atom stereocenters. The van der Waals surface area contributed by atoms with Crippen molar-refractivity contribution in [1.82, 2.24) is 19.9 Å². The van der Waals surface area contributed by atoms with Crippen LogP contribution < -0.4 is 5.73 Å². The fourth-order valence-electron chi connectivity index (χ4n) is 3.29. The monoisotopic (exact) mass is 394 g/mol. The summed E-state index contributed by atoms with van der Waals surface area (Å²) in [5.74, 6) is 0.267. The van der Waals surface area contributed by atoms with E-state index < -0.39 is 4.92 Å². The maximum atomic E-state index is 12.8. The Labute approximate surface area is 163 Å². The Hall–Kier alpha value is -2.52. The van der Waals surface area contributed by atoms with Gasteiger partial charge < -0.3 is 10.6 Å². The highest BCUT2D eigenvalue weighted by Crippen LogP contribution is 2.23. The van der Waals surface area contributed by atoms with Crippen molar-refractivity contribution in [1.29, 1.82) is 0 Å². The van der Waals surface area contributed by atoms with Crippen molar-refractivity contribution < 1.29 is 9.72 Å². The number of amides is 1. The summed E-state index contributed by atoms with van der Waals surface area (Å²) < 4.78 is 1.45. The highest BCUT2D eigenvalue weighted by atomic mass is 35.5. The summed E-state index contributed by atoms with van der Waals surface area (Å²) in [5.41, 5.74) is 7.24. The van der Waals surface area contributed by atoms with Crippen LogP contribution in [0.2, 0.25) is 0 Å². The van der Waals surface area contributed by atoms with Gasteiger partial charge in [0.2, 0.25) is 0 Å². The van der Waals surface area contributed by atoms with Gasteiger partial charge in [-0.15, -0.1) is 17.5 Å². The van der Waals surface area contributed by atoms with Crippen molar-refractivity contribution in [3.05, 3.63) is 45.8 Å². The average Bonchev–Trinajstić information content (AvgIpc) is 3.02. The second kappa shape index (κ2) is 8.45. The van der Waals surface area contributed by atoms with Crippen LogP contribution in [0, 0.1) is 23.0 Å². The molecule has 10 heteroatoms. The van der Waals surface area contributed by atoms with Gasteiger partial charge in [-0.05, 0) is 38.7 Å². The topological polar surface area (TPSA) is 120 Å². The standard InChI is InChI=1S/C17H22N6O3.ClH/c1-11(18)13-6-8-21(9-7-13)17(24)16-12(2)22(20-19-16)14-4-3-5-15(10-14)23(25)26;/h3-5,10-11,13H,6-9,18H2,1-2H3;1H. The molecule has 1 aromatic heterocycles. The minimum absolute atomic E-state index is 0. The maximum absolute atomic E-state index is 12.8. The zero-order valence-electron chi connectivity index (χ0n) is 15.2.